The Labute approximate surface area is 286 Å². The molecular formula is C33H41BrN3O6PS2. The molecule has 0 bridgehead atoms. The van der Waals surface area contributed by atoms with Gasteiger partial charge in [0, 0.05) is 0 Å². The minimum Gasteiger partial charge on any atom is -0.0305 e. The summed E-state index contributed by atoms with van der Waals surface area (Å²) in [6.45, 7) is 3.41. The third kappa shape index (κ3) is 9.81. The third-order valence-corrected chi connectivity index (χ3v) is 21.6. The van der Waals surface area contributed by atoms with Gasteiger partial charge >= 0.3 is 274 Å². The Kier molecular flexibility index (Phi) is 15.1. The van der Waals surface area contributed by atoms with Gasteiger partial charge in [-0.05, 0) is 6.92 Å². The quantitative estimate of drug-likeness (QED) is 0.0764. The Morgan fingerprint density at radius 1 is 0.804 bits per heavy atom. The van der Waals surface area contributed by atoms with Crippen LogP contribution in [-0.2, 0) is 28.7 Å². The summed E-state index contributed by atoms with van der Waals surface area (Å²) in [6.07, 6.45) is -0.0132. The number of halogens is 1. The average molecular weight is 751 g/mol. The van der Waals surface area contributed by atoms with Gasteiger partial charge in [0.15, 0.2) is 0 Å². The summed E-state index contributed by atoms with van der Waals surface area (Å²) in [5.41, 5.74) is 6.50. The van der Waals surface area contributed by atoms with E-state index in [0.717, 1.165) is 15.9 Å². The van der Waals surface area contributed by atoms with Crippen molar-refractivity contribution in [2.24, 2.45) is 5.73 Å². The van der Waals surface area contributed by atoms with Crippen LogP contribution in [0.25, 0.3) is 0 Å². The monoisotopic (exact) mass is 749 g/mol. The van der Waals surface area contributed by atoms with E-state index in [4.69, 9.17) is 15.2 Å². The van der Waals surface area contributed by atoms with Crippen LogP contribution < -0.4 is 32.3 Å². The molecule has 2 unspecified atom stereocenters. The molecule has 0 saturated heterocycles. The molecule has 13 heteroatoms. The Bertz CT molecular complexity index is 1340. The fourth-order valence-corrected chi connectivity index (χ4v) is 18.9. The second-order valence-electron chi connectivity index (χ2n) is 10.3. The summed E-state index contributed by atoms with van der Waals surface area (Å²) in [6, 6.07) is 29.2. The van der Waals surface area contributed by atoms with Crippen LogP contribution in [0.3, 0.4) is 0 Å². The maximum atomic E-state index is 13.2. The summed E-state index contributed by atoms with van der Waals surface area (Å²) in [7, 11) is 3.05. The molecule has 248 valence electrons. The Balaban J connectivity index is 1.82. The zero-order valence-electron chi connectivity index (χ0n) is 25.9. The van der Waals surface area contributed by atoms with Gasteiger partial charge in [0.1, 0.15) is 0 Å². The molecule has 9 nitrogen and oxygen atoms in total. The molecule has 0 aromatic heterocycles. The number of hydrogen-bond acceptors (Lipinski definition) is 9. The number of carbonyl (C=O) groups is 4. The van der Waals surface area contributed by atoms with Gasteiger partial charge in [0.25, 0.3) is 0 Å². The van der Waals surface area contributed by atoms with Crippen LogP contribution in [0.2, 0.25) is 0 Å². The molecule has 0 fully saturated rings. The van der Waals surface area contributed by atoms with Crippen LogP contribution in [0.15, 0.2) is 91.0 Å². The molecule has 3 rings (SSSR count). The van der Waals surface area contributed by atoms with Gasteiger partial charge in [-0.3, -0.25) is 0 Å². The third-order valence-electron chi connectivity index (χ3n) is 7.13. The van der Waals surface area contributed by atoms with Crippen molar-refractivity contribution in [1.82, 2.24) is 10.6 Å². The van der Waals surface area contributed by atoms with Gasteiger partial charge in [-0.1, -0.05) is 0 Å². The van der Waals surface area contributed by atoms with E-state index >= 15 is 0 Å². The molecule has 3 aromatic carbocycles. The zero-order chi connectivity index (χ0) is 33.4. The normalized spacial score (nSPS) is 13.3. The van der Waals surface area contributed by atoms with Gasteiger partial charge < -0.3 is 0 Å². The summed E-state index contributed by atoms with van der Waals surface area (Å²) in [5, 5.41) is 5.59. The first kappa shape index (κ1) is 37.6. The summed E-state index contributed by atoms with van der Waals surface area (Å²) in [5.74, 6) is -1.91. The topological polar surface area (TPSA) is 137 Å². The second-order valence-corrected chi connectivity index (χ2v) is 22.1. The van der Waals surface area contributed by atoms with Crippen molar-refractivity contribution in [2.45, 2.75) is 38.8 Å². The Hall–Kier alpha value is -2.89. The number of esters is 2. The van der Waals surface area contributed by atoms with Crippen molar-refractivity contribution < 1.29 is 28.7 Å². The second kappa shape index (κ2) is 18.4. The average Bonchev–Trinajstić information content (AvgIpc) is 3.08. The zero-order valence-corrected chi connectivity index (χ0v) is 30.0. The van der Waals surface area contributed by atoms with Crippen molar-refractivity contribution in [3.63, 3.8) is 0 Å². The molecule has 0 spiro atoms. The minimum atomic E-state index is -3.21. The molecule has 0 radical (unpaired) electrons. The van der Waals surface area contributed by atoms with Crippen molar-refractivity contribution in [3.8, 4) is 0 Å². The van der Waals surface area contributed by atoms with Crippen LogP contribution in [0.5, 0.6) is 0 Å². The first-order chi connectivity index (χ1) is 22.1. The SMILES string of the molecule is CCOC(=O)CNC(=O)C(CSSCP(Br)(c1ccccc1)(c1ccccc1)c1ccccc1)NC(=O)CCC(N)C(=O)OCC. The predicted octanol–water partition coefficient (Wildman–Crippen LogP) is 4.00. The van der Waals surface area contributed by atoms with E-state index in [9.17, 15) is 19.2 Å². The number of ether oxygens (including phenoxy) is 2. The van der Waals surface area contributed by atoms with Crippen LogP contribution in [0.4, 0.5) is 0 Å². The fourth-order valence-electron chi connectivity index (χ4n) is 4.74. The number of nitrogens with two attached hydrogens (primary N) is 1. The summed E-state index contributed by atoms with van der Waals surface area (Å²) >= 11 is 4.41. The first-order valence-electron chi connectivity index (χ1n) is 14.9. The molecule has 3 aromatic rings. The molecule has 0 aliphatic heterocycles. The molecule has 0 saturated carbocycles. The molecule has 2 amide bonds. The molecule has 0 aliphatic rings. The van der Waals surface area contributed by atoms with Crippen LogP contribution in [0, 0.1) is 0 Å². The summed E-state index contributed by atoms with van der Waals surface area (Å²) in [4.78, 5) is 49.8. The number of amides is 2. The van der Waals surface area contributed by atoms with E-state index in [1.807, 2.05) is 54.6 Å². The maximum absolute atomic E-state index is 13.2. The van der Waals surface area contributed by atoms with E-state index in [1.165, 1.54) is 10.8 Å². The summed E-state index contributed by atoms with van der Waals surface area (Å²) < 4.78 is 9.84. The first-order valence-corrected chi connectivity index (χ1v) is 21.9. The Morgan fingerprint density at radius 3 is 1.78 bits per heavy atom. The molecular weight excluding hydrogens is 709 g/mol. The van der Waals surface area contributed by atoms with Gasteiger partial charge in [-0.2, -0.15) is 0 Å². The van der Waals surface area contributed by atoms with Crippen molar-refractivity contribution in [2.75, 3.05) is 31.0 Å². The molecule has 46 heavy (non-hydrogen) atoms. The Morgan fingerprint density at radius 2 is 1.30 bits per heavy atom. The van der Waals surface area contributed by atoms with E-state index in [1.54, 1.807) is 24.6 Å². The fraction of sp³-hybridized carbons (Fsp3) is 0.333. The molecule has 0 heterocycles. The smallest absolute Gasteiger partial charge is 0.0305 e. The van der Waals surface area contributed by atoms with Crippen LogP contribution in [-0.4, -0.2) is 66.8 Å². The van der Waals surface area contributed by atoms with Gasteiger partial charge in [0.05, 0.1) is 6.61 Å². The van der Waals surface area contributed by atoms with Gasteiger partial charge in [0.2, 0.25) is 0 Å². The number of hydrogen-bond donors (Lipinski definition) is 3. The van der Waals surface area contributed by atoms with Crippen LogP contribution >= 0.6 is 42.4 Å². The molecule has 2 atom stereocenters. The van der Waals surface area contributed by atoms with E-state index in [2.05, 4.69) is 62.5 Å². The van der Waals surface area contributed by atoms with Gasteiger partial charge in [-0.15, -0.1) is 0 Å². The van der Waals surface area contributed by atoms with Gasteiger partial charge in [-0.25, -0.2) is 0 Å². The standard InChI is InChI=1S/C33H41BrN3O6PS2/c1-3-42-31(39)22-36-32(40)29(37-30(38)21-20-28(35)33(41)43-4-2)23-45-46-24-44(34,25-14-8-5-9-15-25,26-16-10-6-11-17-26)27-18-12-7-13-19-27/h5-19,28-29H,3-4,20-24,35H2,1-2H3,(H,36,40)(H,37,38). The van der Waals surface area contributed by atoms with E-state index in [0.29, 0.717) is 5.49 Å². The number of benzene rings is 3. The van der Waals surface area contributed by atoms with Crippen molar-refractivity contribution >= 4 is 82.0 Å². The number of rotatable bonds is 18. The van der Waals surface area contributed by atoms with Crippen LogP contribution in [0.1, 0.15) is 26.7 Å². The molecule has 0 aliphatic carbocycles. The predicted molar refractivity (Wildman–Crippen MR) is 194 cm³/mol. The van der Waals surface area contributed by atoms with Crippen molar-refractivity contribution in [1.29, 1.82) is 0 Å². The molecule has 4 N–H and O–H groups in total. The minimum absolute atomic E-state index is 0.0627. The van der Waals surface area contributed by atoms with Crippen molar-refractivity contribution in [3.05, 3.63) is 91.0 Å². The number of nitrogens with one attached hydrogen (secondary N) is 2. The number of carbonyl (C=O) groups excluding carboxylic acids is 4. The van der Waals surface area contributed by atoms with E-state index in [-0.39, 0.29) is 38.4 Å². The van der Waals surface area contributed by atoms with E-state index < -0.39 is 41.1 Å².